The Hall–Kier alpha value is -1.55. The maximum absolute atomic E-state index is 11.5. The van der Waals surface area contributed by atoms with Crippen LogP contribution in [0.5, 0.6) is 0 Å². The normalized spacial score (nSPS) is 19.9. The van der Waals surface area contributed by atoms with Gasteiger partial charge in [0.05, 0.1) is 11.6 Å². The van der Waals surface area contributed by atoms with Crippen LogP contribution in [0.1, 0.15) is 44.3 Å². The van der Waals surface area contributed by atoms with Gasteiger partial charge < -0.3 is 9.52 Å². The number of aliphatic hydroxyl groups is 1. The van der Waals surface area contributed by atoms with Crippen molar-refractivity contribution in [1.82, 2.24) is 4.57 Å². The monoisotopic (exact) mass is 261 g/mol. The lowest BCUT2D eigenvalue weighted by Gasteiger charge is -2.30. The molecule has 1 aliphatic rings. The molecule has 4 nitrogen and oxygen atoms in total. The van der Waals surface area contributed by atoms with Crippen LogP contribution >= 0.6 is 0 Å². The Bertz CT molecular complexity index is 662. The number of oxazole rings is 1. The second-order valence-electron chi connectivity index (χ2n) is 5.92. The summed E-state index contributed by atoms with van der Waals surface area (Å²) in [4.78, 5) is 11.5. The third kappa shape index (κ3) is 1.91. The van der Waals surface area contributed by atoms with Gasteiger partial charge in [0, 0.05) is 7.05 Å². The zero-order chi connectivity index (χ0) is 13.6. The Kier molecular flexibility index (Phi) is 2.78. The molecule has 0 bridgehead atoms. The summed E-state index contributed by atoms with van der Waals surface area (Å²) >= 11 is 0. The number of nitrogens with zero attached hydrogens (tertiary/aromatic N) is 1. The van der Waals surface area contributed by atoms with Gasteiger partial charge in [-0.05, 0) is 36.0 Å². The highest BCUT2D eigenvalue weighted by Gasteiger charge is 2.36. The van der Waals surface area contributed by atoms with E-state index in [1.807, 2.05) is 12.1 Å². The molecule has 1 heterocycles. The molecule has 0 amide bonds. The lowest BCUT2D eigenvalue weighted by molar-refractivity contribution is 0.0409. The van der Waals surface area contributed by atoms with E-state index >= 15 is 0 Å². The molecule has 4 heteroatoms. The zero-order valence-electron chi connectivity index (χ0n) is 11.3. The third-order valence-electron chi connectivity index (χ3n) is 4.54. The first-order valence-electron chi connectivity index (χ1n) is 6.79. The quantitative estimate of drug-likeness (QED) is 0.904. The highest BCUT2D eigenvalue weighted by atomic mass is 16.4. The molecule has 2 aromatic rings. The standard InChI is InChI=1S/C15H19NO3/c1-15(7-3-4-8-15)13(17)10-5-6-11-12(9-10)19-14(18)16(11)2/h5-6,9,13,17H,3-4,7-8H2,1-2H3. The third-order valence-corrected chi connectivity index (χ3v) is 4.54. The van der Waals surface area contributed by atoms with Crippen molar-refractivity contribution in [3.8, 4) is 0 Å². The van der Waals surface area contributed by atoms with Crippen molar-refractivity contribution in [3.63, 3.8) is 0 Å². The van der Waals surface area contributed by atoms with Crippen LogP contribution in [0.25, 0.3) is 11.1 Å². The van der Waals surface area contributed by atoms with E-state index in [1.54, 1.807) is 13.1 Å². The average molecular weight is 261 g/mol. The molecule has 0 radical (unpaired) electrons. The molecular weight excluding hydrogens is 242 g/mol. The van der Waals surface area contributed by atoms with Gasteiger partial charge in [0.25, 0.3) is 0 Å². The number of aromatic nitrogens is 1. The van der Waals surface area contributed by atoms with Gasteiger partial charge >= 0.3 is 5.76 Å². The number of benzene rings is 1. The van der Waals surface area contributed by atoms with Gasteiger partial charge in [0.2, 0.25) is 0 Å². The summed E-state index contributed by atoms with van der Waals surface area (Å²) in [5, 5.41) is 10.6. The molecule has 0 saturated heterocycles. The van der Waals surface area contributed by atoms with Crippen LogP contribution in [0.4, 0.5) is 0 Å². The van der Waals surface area contributed by atoms with Gasteiger partial charge in [-0.3, -0.25) is 4.57 Å². The molecule has 1 aromatic carbocycles. The van der Waals surface area contributed by atoms with E-state index in [9.17, 15) is 9.90 Å². The van der Waals surface area contributed by atoms with Crippen LogP contribution in [-0.4, -0.2) is 9.67 Å². The first kappa shape index (κ1) is 12.5. The average Bonchev–Trinajstić information content (AvgIpc) is 2.95. The van der Waals surface area contributed by atoms with E-state index in [1.165, 1.54) is 17.4 Å². The summed E-state index contributed by atoms with van der Waals surface area (Å²) in [5.41, 5.74) is 2.09. The zero-order valence-corrected chi connectivity index (χ0v) is 11.3. The van der Waals surface area contributed by atoms with E-state index in [2.05, 4.69) is 6.92 Å². The van der Waals surface area contributed by atoms with Crippen molar-refractivity contribution in [1.29, 1.82) is 0 Å². The van der Waals surface area contributed by atoms with Crippen LogP contribution in [0.2, 0.25) is 0 Å². The predicted molar refractivity (Wildman–Crippen MR) is 73.0 cm³/mol. The van der Waals surface area contributed by atoms with Crippen LogP contribution < -0.4 is 5.76 Å². The summed E-state index contributed by atoms with van der Waals surface area (Å²) < 4.78 is 6.66. The smallest absolute Gasteiger partial charge is 0.408 e. The predicted octanol–water partition coefficient (Wildman–Crippen LogP) is 2.75. The molecule has 1 unspecified atom stereocenters. The van der Waals surface area contributed by atoms with E-state index < -0.39 is 6.10 Å². The van der Waals surface area contributed by atoms with Gasteiger partial charge in [-0.1, -0.05) is 25.8 Å². The van der Waals surface area contributed by atoms with Crippen molar-refractivity contribution in [2.45, 2.75) is 38.7 Å². The van der Waals surface area contributed by atoms with E-state index in [-0.39, 0.29) is 11.2 Å². The van der Waals surface area contributed by atoms with Crippen LogP contribution in [0, 0.1) is 5.41 Å². The van der Waals surface area contributed by atoms with Gasteiger partial charge in [0.1, 0.15) is 0 Å². The summed E-state index contributed by atoms with van der Waals surface area (Å²) in [6.07, 6.45) is 3.95. The molecule has 1 aromatic heterocycles. The number of aryl methyl sites for hydroxylation is 1. The number of fused-ring (bicyclic) bond motifs is 1. The second-order valence-corrected chi connectivity index (χ2v) is 5.92. The number of aliphatic hydroxyl groups excluding tert-OH is 1. The maximum atomic E-state index is 11.5. The fourth-order valence-electron chi connectivity index (χ4n) is 3.18. The fourth-order valence-corrected chi connectivity index (χ4v) is 3.18. The molecule has 1 fully saturated rings. The summed E-state index contributed by atoms with van der Waals surface area (Å²) in [6, 6.07) is 5.54. The number of hydrogen-bond donors (Lipinski definition) is 1. The van der Waals surface area contributed by atoms with E-state index in [4.69, 9.17) is 4.42 Å². The first-order chi connectivity index (χ1) is 9.01. The van der Waals surface area contributed by atoms with Crippen molar-refractivity contribution >= 4 is 11.1 Å². The largest absolute Gasteiger partial charge is 0.419 e. The molecule has 0 spiro atoms. The van der Waals surface area contributed by atoms with Crippen LogP contribution in [-0.2, 0) is 7.05 Å². The van der Waals surface area contributed by atoms with Gasteiger partial charge in [-0.2, -0.15) is 0 Å². The molecule has 1 saturated carbocycles. The van der Waals surface area contributed by atoms with Crippen molar-refractivity contribution < 1.29 is 9.52 Å². The summed E-state index contributed by atoms with van der Waals surface area (Å²) in [6.45, 7) is 2.13. The Balaban J connectivity index is 2.03. The second kappa shape index (κ2) is 4.23. The molecule has 3 rings (SSSR count). The van der Waals surface area contributed by atoms with Crippen molar-refractivity contribution in [3.05, 3.63) is 34.3 Å². The number of rotatable bonds is 2. The molecule has 0 aliphatic heterocycles. The Labute approximate surface area is 111 Å². The Morgan fingerprint density at radius 2 is 2.05 bits per heavy atom. The Morgan fingerprint density at radius 3 is 2.74 bits per heavy atom. The molecule has 1 N–H and O–H groups in total. The highest BCUT2D eigenvalue weighted by molar-refractivity contribution is 5.73. The van der Waals surface area contributed by atoms with Crippen molar-refractivity contribution in [2.24, 2.45) is 12.5 Å². The SMILES string of the molecule is Cn1c(=O)oc2cc(C(O)C3(C)CCCC3)ccc21. The lowest BCUT2D eigenvalue weighted by Crippen LogP contribution is -2.21. The first-order valence-corrected chi connectivity index (χ1v) is 6.79. The van der Waals surface area contributed by atoms with Gasteiger partial charge in [-0.15, -0.1) is 0 Å². The Morgan fingerprint density at radius 1 is 1.37 bits per heavy atom. The summed E-state index contributed by atoms with van der Waals surface area (Å²) in [5.74, 6) is -0.367. The molecule has 1 atom stereocenters. The summed E-state index contributed by atoms with van der Waals surface area (Å²) in [7, 11) is 1.68. The number of hydrogen-bond acceptors (Lipinski definition) is 3. The van der Waals surface area contributed by atoms with Gasteiger partial charge in [-0.25, -0.2) is 4.79 Å². The molecular formula is C15H19NO3. The lowest BCUT2D eigenvalue weighted by atomic mass is 9.79. The van der Waals surface area contributed by atoms with Gasteiger partial charge in [0.15, 0.2) is 5.58 Å². The molecule has 19 heavy (non-hydrogen) atoms. The highest BCUT2D eigenvalue weighted by Crippen LogP contribution is 2.47. The van der Waals surface area contributed by atoms with E-state index in [0.29, 0.717) is 5.58 Å². The fraction of sp³-hybridized carbons (Fsp3) is 0.533. The minimum absolute atomic E-state index is 0.0528. The molecule has 102 valence electrons. The molecule has 1 aliphatic carbocycles. The van der Waals surface area contributed by atoms with E-state index in [0.717, 1.165) is 23.9 Å². The topological polar surface area (TPSA) is 55.4 Å². The van der Waals surface area contributed by atoms with Crippen molar-refractivity contribution in [2.75, 3.05) is 0 Å². The minimum atomic E-state index is -0.495. The van der Waals surface area contributed by atoms with Crippen LogP contribution in [0.15, 0.2) is 27.4 Å². The maximum Gasteiger partial charge on any atom is 0.419 e. The van der Waals surface area contributed by atoms with Crippen LogP contribution in [0.3, 0.4) is 0 Å². The minimum Gasteiger partial charge on any atom is -0.408 e.